The van der Waals surface area contributed by atoms with Crippen molar-refractivity contribution in [2.75, 3.05) is 0 Å². The Bertz CT molecular complexity index is 193. The maximum Gasteiger partial charge on any atom is 0.231 e. The fourth-order valence-electron chi connectivity index (χ4n) is 1.65. The van der Waals surface area contributed by atoms with Crippen LogP contribution in [0, 0.1) is 11.3 Å². The number of hydrogen-bond acceptors (Lipinski definition) is 2. The second-order valence-corrected chi connectivity index (χ2v) is 4.11. The molecule has 0 heterocycles. The highest BCUT2D eigenvalue weighted by molar-refractivity contribution is 5.93. The summed E-state index contributed by atoms with van der Waals surface area (Å²) < 4.78 is 0. The number of rotatable bonds is 10. The largest absolute Gasteiger partial charge is 0.283 e. The highest BCUT2D eigenvalue weighted by Gasteiger charge is 1.98. The van der Waals surface area contributed by atoms with Crippen LogP contribution in [0.25, 0.3) is 0 Å². The van der Waals surface area contributed by atoms with E-state index in [2.05, 4.69) is 6.92 Å². The fourth-order valence-corrected chi connectivity index (χ4v) is 1.65. The zero-order chi connectivity index (χ0) is 11.4. The molecule has 0 fully saturated rings. The van der Waals surface area contributed by atoms with Crippen LogP contribution < -0.4 is 0 Å². The van der Waals surface area contributed by atoms with Gasteiger partial charge in [0.15, 0.2) is 0 Å². The number of nitrogens with zero attached hydrogens (tertiary/aromatic N) is 1. The van der Waals surface area contributed by atoms with E-state index >= 15 is 0 Å². The quantitative estimate of drug-likeness (QED) is 0.403. The summed E-state index contributed by atoms with van der Waals surface area (Å²) in [5.41, 5.74) is 0. The Morgan fingerprint density at radius 2 is 1.40 bits per heavy atom. The second-order valence-electron chi connectivity index (χ2n) is 4.11. The average molecular weight is 209 g/mol. The molecule has 0 saturated carbocycles. The molecule has 86 valence electrons. The zero-order valence-corrected chi connectivity index (χ0v) is 9.93. The SMILES string of the molecule is CCCCCCCCCCCC(=O)C#N. The molecule has 0 aliphatic carbocycles. The van der Waals surface area contributed by atoms with Crippen molar-refractivity contribution in [1.82, 2.24) is 0 Å². The summed E-state index contributed by atoms with van der Waals surface area (Å²) in [6.07, 6.45) is 11.6. The van der Waals surface area contributed by atoms with Gasteiger partial charge in [-0.25, -0.2) is 0 Å². The summed E-state index contributed by atoms with van der Waals surface area (Å²) in [5, 5.41) is 8.26. The lowest BCUT2D eigenvalue weighted by Gasteiger charge is -2.00. The van der Waals surface area contributed by atoms with Crippen LogP contribution in [0.2, 0.25) is 0 Å². The first-order valence-electron chi connectivity index (χ1n) is 6.24. The number of carbonyl (C=O) groups is 1. The van der Waals surface area contributed by atoms with E-state index in [1.165, 1.54) is 44.9 Å². The highest BCUT2D eigenvalue weighted by atomic mass is 16.1. The first-order chi connectivity index (χ1) is 7.31. The van der Waals surface area contributed by atoms with Gasteiger partial charge in [0.1, 0.15) is 6.07 Å². The van der Waals surface area contributed by atoms with Gasteiger partial charge in [-0.05, 0) is 6.42 Å². The minimum atomic E-state index is -0.266. The van der Waals surface area contributed by atoms with Crippen molar-refractivity contribution in [3.63, 3.8) is 0 Å². The monoisotopic (exact) mass is 209 g/mol. The van der Waals surface area contributed by atoms with Crippen LogP contribution in [-0.4, -0.2) is 5.78 Å². The molecule has 0 aromatic carbocycles. The smallest absolute Gasteiger partial charge is 0.231 e. The first kappa shape index (κ1) is 14.2. The summed E-state index contributed by atoms with van der Waals surface area (Å²) in [6.45, 7) is 2.23. The van der Waals surface area contributed by atoms with E-state index in [1.807, 2.05) is 0 Å². The van der Waals surface area contributed by atoms with Gasteiger partial charge in [-0.15, -0.1) is 0 Å². The molecule has 0 N–H and O–H groups in total. The summed E-state index contributed by atoms with van der Waals surface area (Å²) in [6, 6.07) is 1.65. The van der Waals surface area contributed by atoms with E-state index in [-0.39, 0.29) is 5.78 Å². The molecule has 2 heteroatoms. The number of Topliss-reactive ketones (excluding diaryl/α,β-unsaturated/α-hetero) is 1. The number of carbonyl (C=O) groups excluding carboxylic acids is 1. The lowest BCUT2D eigenvalue weighted by atomic mass is 10.1. The molecular formula is C13H23NO. The van der Waals surface area contributed by atoms with Gasteiger partial charge in [-0.1, -0.05) is 58.3 Å². The van der Waals surface area contributed by atoms with Crippen LogP contribution in [0.1, 0.15) is 71.1 Å². The topological polar surface area (TPSA) is 40.9 Å². The molecule has 0 radical (unpaired) electrons. The van der Waals surface area contributed by atoms with Crippen molar-refractivity contribution in [2.45, 2.75) is 71.1 Å². The van der Waals surface area contributed by atoms with Crippen molar-refractivity contribution >= 4 is 5.78 Å². The van der Waals surface area contributed by atoms with Crippen molar-refractivity contribution < 1.29 is 4.79 Å². The van der Waals surface area contributed by atoms with Crippen LogP contribution in [-0.2, 0) is 4.79 Å². The number of unbranched alkanes of at least 4 members (excludes halogenated alkanes) is 8. The highest BCUT2D eigenvalue weighted by Crippen LogP contribution is 2.10. The van der Waals surface area contributed by atoms with Crippen LogP contribution in [0.5, 0.6) is 0 Å². The van der Waals surface area contributed by atoms with Crippen LogP contribution in [0.3, 0.4) is 0 Å². The summed E-state index contributed by atoms with van der Waals surface area (Å²) in [4.78, 5) is 10.7. The van der Waals surface area contributed by atoms with Gasteiger partial charge in [0.25, 0.3) is 0 Å². The van der Waals surface area contributed by atoms with Gasteiger partial charge in [0, 0.05) is 6.42 Å². The van der Waals surface area contributed by atoms with Crippen LogP contribution >= 0.6 is 0 Å². The molecule has 0 saturated heterocycles. The normalized spacial score (nSPS) is 9.87. The molecule has 2 nitrogen and oxygen atoms in total. The molecule has 0 atom stereocenters. The van der Waals surface area contributed by atoms with Gasteiger partial charge < -0.3 is 0 Å². The minimum absolute atomic E-state index is 0.266. The molecule has 0 aliphatic heterocycles. The number of hydrogen-bond donors (Lipinski definition) is 0. The maximum atomic E-state index is 10.7. The van der Waals surface area contributed by atoms with E-state index in [4.69, 9.17) is 5.26 Å². The van der Waals surface area contributed by atoms with E-state index < -0.39 is 0 Å². The fraction of sp³-hybridized carbons (Fsp3) is 0.846. The molecule has 0 unspecified atom stereocenters. The summed E-state index contributed by atoms with van der Waals surface area (Å²) in [7, 11) is 0. The third-order valence-electron chi connectivity index (χ3n) is 2.63. The van der Waals surface area contributed by atoms with Crippen molar-refractivity contribution in [3.8, 4) is 6.07 Å². The van der Waals surface area contributed by atoms with E-state index in [0.29, 0.717) is 6.42 Å². The van der Waals surface area contributed by atoms with Crippen molar-refractivity contribution in [3.05, 3.63) is 0 Å². The Balaban J connectivity index is 2.99. The summed E-state index contributed by atoms with van der Waals surface area (Å²) >= 11 is 0. The van der Waals surface area contributed by atoms with Crippen molar-refractivity contribution in [2.24, 2.45) is 0 Å². The Morgan fingerprint density at radius 1 is 0.933 bits per heavy atom. The molecule has 0 bridgehead atoms. The lowest BCUT2D eigenvalue weighted by Crippen LogP contribution is -1.92. The molecule has 0 aliphatic rings. The van der Waals surface area contributed by atoms with E-state index in [9.17, 15) is 4.79 Å². The Kier molecular flexibility index (Phi) is 10.6. The second kappa shape index (κ2) is 11.2. The van der Waals surface area contributed by atoms with Crippen LogP contribution in [0.15, 0.2) is 0 Å². The number of ketones is 1. The summed E-state index contributed by atoms with van der Waals surface area (Å²) in [5.74, 6) is -0.266. The van der Waals surface area contributed by atoms with Gasteiger partial charge in [-0.3, -0.25) is 4.79 Å². The third-order valence-corrected chi connectivity index (χ3v) is 2.63. The predicted molar refractivity (Wildman–Crippen MR) is 62.5 cm³/mol. The Hall–Kier alpha value is -0.840. The molecule has 0 amide bonds. The molecular weight excluding hydrogens is 186 g/mol. The zero-order valence-electron chi connectivity index (χ0n) is 9.93. The van der Waals surface area contributed by atoms with E-state index in [0.717, 1.165) is 12.8 Å². The number of nitriles is 1. The van der Waals surface area contributed by atoms with Gasteiger partial charge >= 0.3 is 0 Å². The average Bonchev–Trinajstić information content (AvgIpc) is 2.26. The van der Waals surface area contributed by atoms with Gasteiger partial charge in [-0.2, -0.15) is 5.26 Å². The standard InChI is InChI=1S/C13H23NO/c1-2-3-4-5-6-7-8-9-10-11-13(15)12-14/h2-11H2,1H3. The molecule has 0 spiro atoms. The maximum absolute atomic E-state index is 10.7. The van der Waals surface area contributed by atoms with E-state index in [1.54, 1.807) is 6.07 Å². The Labute approximate surface area is 93.7 Å². The molecule has 0 rings (SSSR count). The molecule has 15 heavy (non-hydrogen) atoms. The predicted octanol–water partition coefficient (Wildman–Crippen LogP) is 4.00. The molecule has 0 aromatic rings. The molecule has 0 aromatic heterocycles. The minimum Gasteiger partial charge on any atom is -0.283 e. The van der Waals surface area contributed by atoms with Crippen molar-refractivity contribution in [1.29, 1.82) is 5.26 Å². The van der Waals surface area contributed by atoms with Crippen LogP contribution in [0.4, 0.5) is 0 Å². The Morgan fingerprint density at radius 3 is 1.87 bits per heavy atom. The first-order valence-corrected chi connectivity index (χ1v) is 6.24. The third kappa shape index (κ3) is 11.1. The lowest BCUT2D eigenvalue weighted by molar-refractivity contribution is -0.114. The van der Waals surface area contributed by atoms with Gasteiger partial charge in [0.05, 0.1) is 0 Å². The van der Waals surface area contributed by atoms with Gasteiger partial charge in [0.2, 0.25) is 5.78 Å².